The van der Waals surface area contributed by atoms with Gasteiger partial charge in [-0.15, -0.1) is 0 Å². The third-order valence-corrected chi connectivity index (χ3v) is 3.75. The Balaban J connectivity index is 2.24. The first-order valence-electron chi connectivity index (χ1n) is 5.38. The average molecular weight is 374 g/mol. The fourth-order valence-corrected chi connectivity index (χ4v) is 2.66. The van der Waals surface area contributed by atoms with Crippen molar-refractivity contribution in [1.29, 1.82) is 0 Å². The number of nitrogens with zero attached hydrogens (tertiary/aromatic N) is 1. The second-order valence-corrected chi connectivity index (χ2v) is 5.69. The second-order valence-electron chi connectivity index (χ2n) is 3.92. The molecule has 0 saturated heterocycles. The van der Waals surface area contributed by atoms with Gasteiger partial charge >= 0.3 is 0 Å². The lowest BCUT2D eigenvalue weighted by Crippen LogP contribution is -2.16. The highest BCUT2D eigenvalue weighted by Crippen LogP contribution is 2.24. The van der Waals surface area contributed by atoms with Gasteiger partial charge in [0.15, 0.2) is 0 Å². The van der Waals surface area contributed by atoms with Gasteiger partial charge in [0.2, 0.25) is 0 Å². The van der Waals surface area contributed by atoms with Crippen molar-refractivity contribution in [3.8, 4) is 0 Å². The van der Waals surface area contributed by atoms with Gasteiger partial charge in [0, 0.05) is 15.1 Å². The van der Waals surface area contributed by atoms with E-state index in [-0.39, 0.29) is 11.9 Å². The molecule has 2 N–H and O–H groups in total. The molecule has 2 aromatic rings. The van der Waals surface area contributed by atoms with Crippen LogP contribution in [0, 0.1) is 5.82 Å². The Bertz CT molecular complexity index is 560. The van der Waals surface area contributed by atoms with Crippen molar-refractivity contribution in [3.63, 3.8) is 0 Å². The van der Waals surface area contributed by atoms with Crippen LogP contribution in [0.4, 0.5) is 4.39 Å². The molecule has 0 bridgehead atoms. The molecule has 5 heteroatoms. The van der Waals surface area contributed by atoms with Crippen LogP contribution in [-0.2, 0) is 6.42 Å². The maximum Gasteiger partial charge on any atom is 0.126 e. The van der Waals surface area contributed by atoms with Crippen LogP contribution in [0.15, 0.2) is 45.5 Å². The molecule has 18 heavy (non-hydrogen) atoms. The van der Waals surface area contributed by atoms with Gasteiger partial charge < -0.3 is 5.73 Å². The highest BCUT2D eigenvalue weighted by molar-refractivity contribution is 9.10. The van der Waals surface area contributed by atoms with Crippen LogP contribution in [0.25, 0.3) is 0 Å². The summed E-state index contributed by atoms with van der Waals surface area (Å²) in [6, 6.07) is 8.19. The molecular weight excluding hydrogens is 363 g/mol. The summed E-state index contributed by atoms with van der Waals surface area (Å²) < 4.78 is 15.3. The van der Waals surface area contributed by atoms with E-state index < -0.39 is 0 Å². The monoisotopic (exact) mass is 372 g/mol. The summed E-state index contributed by atoms with van der Waals surface area (Å²) in [5, 5.41) is 0. The summed E-state index contributed by atoms with van der Waals surface area (Å²) in [5.74, 6) is -0.249. The van der Waals surface area contributed by atoms with Crippen LogP contribution in [0.5, 0.6) is 0 Å². The standard InChI is InChI=1S/C13H11Br2FN2/c14-9-3-4-11(16)8(6-9)7-12(17)13-10(15)2-1-5-18-13/h1-6,12H,7,17H2. The molecule has 1 aromatic carbocycles. The number of benzene rings is 1. The van der Waals surface area contributed by atoms with E-state index in [1.165, 1.54) is 6.07 Å². The number of aromatic nitrogens is 1. The summed E-state index contributed by atoms with van der Waals surface area (Å²) in [5.41, 5.74) is 7.38. The first kappa shape index (κ1) is 13.6. The van der Waals surface area contributed by atoms with Crippen molar-refractivity contribution < 1.29 is 4.39 Å². The lowest BCUT2D eigenvalue weighted by Gasteiger charge is -2.13. The molecule has 0 fully saturated rings. The molecule has 0 aliphatic rings. The number of halogens is 3. The maximum absolute atomic E-state index is 13.6. The van der Waals surface area contributed by atoms with E-state index >= 15 is 0 Å². The predicted octanol–water partition coefficient (Wildman–Crippen LogP) is 3.99. The molecule has 0 aliphatic carbocycles. The largest absolute Gasteiger partial charge is 0.322 e. The van der Waals surface area contributed by atoms with Crippen LogP contribution < -0.4 is 5.73 Å². The Kier molecular flexibility index (Phi) is 4.48. The molecule has 1 aromatic heterocycles. The summed E-state index contributed by atoms with van der Waals surface area (Å²) in [6.45, 7) is 0. The van der Waals surface area contributed by atoms with E-state index in [1.807, 2.05) is 12.1 Å². The average Bonchev–Trinajstić information content (AvgIpc) is 2.34. The number of pyridine rings is 1. The molecule has 2 rings (SSSR count). The van der Waals surface area contributed by atoms with Gasteiger partial charge in [-0.2, -0.15) is 0 Å². The molecule has 0 spiro atoms. The fraction of sp³-hybridized carbons (Fsp3) is 0.154. The summed E-state index contributed by atoms with van der Waals surface area (Å²) in [6.07, 6.45) is 2.08. The normalized spacial score (nSPS) is 12.4. The third-order valence-electron chi connectivity index (χ3n) is 2.59. The van der Waals surface area contributed by atoms with Crippen molar-refractivity contribution in [2.24, 2.45) is 5.73 Å². The zero-order valence-corrected chi connectivity index (χ0v) is 12.6. The van der Waals surface area contributed by atoms with Crippen LogP contribution in [0.2, 0.25) is 0 Å². The minimum Gasteiger partial charge on any atom is -0.322 e. The molecule has 0 saturated carbocycles. The van der Waals surface area contributed by atoms with E-state index in [9.17, 15) is 4.39 Å². The molecule has 94 valence electrons. The van der Waals surface area contributed by atoms with Crippen molar-refractivity contribution >= 4 is 31.9 Å². The van der Waals surface area contributed by atoms with Gasteiger partial charge in [-0.1, -0.05) is 15.9 Å². The molecule has 0 aliphatic heterocycles. The quantitative estimate of drug-likeness (QED) is 0.883. The van der Waals surface area contributed by atoms with E-state index in [2.05, 4.69) is 36.8 Å². The van der Waals surface area contributed by atoms with Crippen LogP contribution in [0.3, 0.4) is 0 Å². The van der Waals surface area contributed by atoms with Gasteiger partial charge in [-0.05, 0) is 58.2 Å². The van der Waals surface area contributed by atoms with E-state index in [0.717, 1.165) is 14.6 Å². The summed E-state index contributed by atoms with van der Waals surface area (Å²) >= 11 is 6.72. The van der Waals surface area contributed by atoms with Crippen molar-refractivity contribution in [3.05, 3.63) is 62.5 Å². The molecule has 1 atom stereocenters. The molecule has 1 heterocycles. The first-order valence-corrected chi connectivity index (χ1v) is 6.96. The highest BCUT2D eigenvalue weighted by atomic mass is 79.9. The van der Waals surface area contributed by atoms with Crippen LogP contribution >= 0.6 is 31.9 Å². The van der Waals surface area contributed by atoms with Crippen molar-refractivity contribution in [2.75, 3.05) is 0 Å². The molecular formula is C13H11Br2FN2. The van der Waals surface area contributed by atoms with Gasteiger partial charge in [0.25, 0.3) is 0 Å². The summed E-state index contributed by atoms with van der Waals surface area (Å²) in [4.78, 5) is 4.22. The smallest absolute Gasteiger partial charge is 0.126 e. The zero-order valence-electron chi connectivity index (χ0n) is 9.41. The Morgan fingerprint density at radius 2 is 2.06 bits per heavy atom. The highest BCUT2D eigenvalue weighted by Gasteiger charge is 2.14. The van der Waals surface area contributed by atoms with E-state index in [0.29, 0.717) is 12.0 Å². The van der Waals surface area contributed by atoms with Gasteiger partial charge in [0.1, 0.15) is 5.82 Å². The molecule has 2 nitrogen and oxygen atoms in total. The second kappa shape index (κ2) is 5.91. The van der Waals surface area contributed by atoms with Crippen LogP contribution in [-0.4, -0.2) is 4.98 Å². The number of rotatable bonds is 3. The molecule has 0 amide bonds. The molecule has 0 radical (unpaired) electrons. The summed E-state index contributed by atoms with van der Waals surface area (Å²) in [7, 11) is 0. The Labute approximate surface area is 122 Å². The van der Waals surface area contributed by atoms with Crippen LogP contribution in [0.1, 0.15) is 17.3 Å². The minimum atomic E-state index is -0.343. The first-order chi connectivity index (χ1) is 8.58. The van der Waals surface area contributed by atoms with Gasteiger partial charge in [-0.3, -0.25) is 4.98 Å². The topological polar surface area (TPSA) is 38.9 Å². The minimum absolute atomic E-state index is 0.249. The molecule has 1 unspecified atom stereocenters. The predicted molar refractivity (Wildman–Crippen MR) is 76.7 cm³/mol. The zero-order chi connectivity index (χ0) is 13.1. The third kappa shape index (κ3) is 3.16. The Hall–Kier alpha value is -0.780. The number of hydrogen-bond donors (Lipinski definition) is 1. The van der Waals surface area contributed by atoms with Crippen molar-refractivity contribution in [2.45, 2.75) is 12.5 Å². The SMILES string of the molecule is NC(Cc1cc(Br)ccc1F)c1ncccc1Br. The Morgan fingerprint density at radius 1 is 1.28 bits per heavy atom. The van der Waals surface area contributed by atoms with E-state index in [1.54, 1.807) is 18.3 Å². The van der Waals surface area contributed by atoms with Gasteiger partial charge in [-0.25, -0.2) is 4.39 Å². The maximum atomic E-state index is 13.6. The number of hydrogen-bond acceptors (Lipinski definition) is 2. The van der Waals surface area contributed by atoms with Gasteiger partial charge in [0.05, 0.1) is 11.7 Å². The fourth-order valence-electron chi connectivity index (χ4n) is 1.70. The number of nitrogens with two attached hydrogens (primary N) is 1. The lowest BCUT2D eigenvalue weighted by molar-refractivity contribution is 0.589. The van der Waals surface area contributed by atoms with Crippen molar-refractivity contribution in [1.82, 2.24) is 4.98 Å². The Morgan fingerprint density at radius 3 is 2.78 bits per heavy atom. The lowest BCUT2D eigenvalue weighted by atomic mass is 10.0. The van der Waals surface area contributed by atoms with E-state index in [4.69, 9.17) is 5.73 Å².